The van der Waals surface area contributed by atoms with E-state index in [9.17, 15) is 9.90 Å². The number of hydrogen-bond acceptors (Lipinski definition) is 4. The van der Waals surface area contributed by atoms with Gasteiger partial charge in [-0.05, 0) is 44.4 Å². The SMILES string of the molecule is CCNC(=NCC(CCO)CC(C)C)NCCN1CCN(C(=O)C2CCCC2)CC1. The largest absolute Gasteiger partial charge is 0.396 e. The van der Waals surface area contributed by atoms with Crippen LogP contribution in [0, 0.1) is 17.8 Å². The molecule has 7 nitrogen and oxygen atoms in total. The Kier molecular flexibility index (Phi) is 11.5. The van der Waals surface area contributed by atoms with Crippen LogP contribution >= 0.6 is 0 Å². The molecule has 2 aliphatic rings. The van der Waals surface area contributed by atoms with E-state index in [1.165, 1.54) is 12.8 Å². The van der Waals surface area contributed by atoms with E-state index in [0.29, 0.717) is 23.7 Å². The third-order valence-electron chi connectivity index (χ3n) is 6.30. The molecule has 1 amide bonds. The average Bonchev–Trinajstić information content (AvgIpc) is 3.26. The molecule has 1 aliphatic heterocycles. The average molecular weight is 424 g/mol. The summed E-state index contributed by atoms with van der Waals surface area (Å²) in [6.07, 6.45) is 6.52. The van der Waals surface area contributed by atoms with Gasteiger partial charge in [0.1, 0.15) is 0 Å². The molecule has 174 valence electrons. The summed E-state index contributed by atoms with van der Waals surface area (Å²) in [5, 5.41) is 16.1. The van der Waals surface area contributed by atoms with Crippen LogP contribution in [0.4, 0.5) is 0 Å². The zero-order chi connectivity index (χ0) is 21.8. The van der Waals surface area contributed by atoms with Gasteiger partial charge in [-0.25, -0.2) is 0 Å². The number of nitrogens with zero attached hydrogens (tertiary/aromatic N) is 3. The first kappa shape index (κ1) is 24.9. The van der Waals surface area contributed by atoms with Crippen LogP contribution in [0.1, 0.15) is 59.3 Å². The monoisotopic (exact) mass is 423 g/mol. The summed E-state index contributed by atoms with van der Waals surface area (Å²) in [7, 11) is 0. The van der Waals surface area contributed by atoms with Gasteiger partial charge >= 0.3 is 0 Å². The maximum atomic E-state index is 12.6. The summed E-state index contributed by atoms with van der Waals surface area (Å²) >= 11 is 0. The van der Waals surface area contributed by atoms with Crippen molar-refractivity contribution in [2.24, 2.45) is 22.7 Å². The van der Waals surface area contributed by atoms with E-state index >= 15 is 0 Å². The Hall–Kier alpha value is -1.34. The van der Waals surface area contributed by atoms with Crippen molar-refractivity contribution < 1.29 is 9.90 Å². The molecule has 1 aliphatic carbocycles. The minimum absolute atomic E-state index is 0.228. The molecule has 1 unspecified atom stereocenters. The quantitative estimate of drug-likeness (QED) is 0.349. The highest BCUT2D eigenvalue weighted by Gasteiger charge is 2.29. The predicted molar refractivity (Wildman–Crippen MR) is 124 cm³/mol. The van der Waals surface area contributed by atoms with Crippen molar-refractivity contribution in [1.82, 2.24) is 20.4 Å². The molecule has 1 heterocycles. The standard InChI is InChI=1S/C23H45N5O2/c1-4-24-23(26-18-20(9-16-29)17-19(2)3)25-10-11-27-12-14-28(15-13-27)22(30)21-7-5-6-8-21/h19-21,29H,4-18H2,1-3H3,(H2,24,25,26). The number of aliphatic hydroxyl groups excluding tert-OH is 1. The summed E-state index contributed by atoms with van der Waals surface area (Å²) < 4.78 is 0. The minimum atomic E-state index is 0.228. The van der Waals surface area contributed by atoms with Gasteiger partial charge in [-0.1, -0.05) is 26.7 Å². The first-order valence-electron chi connectivity index (χ1n) is 12.2. The summed E-state index contributed by atoms with van der Waals surface area (Å²) in [5.74, 6) is 2.59. The first-order chi connectivity index (χ1) is 14.5. The molecule has 30 heavy (non-hydrogen) atoms. The van der Waals surface area contributed by atoms with E-state index in [1.807, 2.05) is 0 Å². The molecule has 0 aromatic heterocycles. The van der Waals surface area contributed by atoms with E-state index in [-0.39, 0.29) is 6.61 Å². The van der Waals surface area contributed by atoms with Crippen LogP contribution < -0.4 is 10.6 Å². The lowest BCUT2D eigenvalue weighted by atomic mass is 9.94. The second-order valence-electron chi connectivity index (χ2n) is 9.30. The lowest BCUT2D eigenvalue weighted by Crippen LogP contribution is -2.51. The zero-order valence-corrected chi connectivity index (χ0v) is 19.5. The van der Waals surface area contributed by atoms with Gasteiger partial charge in [0.05, 0.1) is 0 Å². The second kappa shape index (κ2) is 13.9. The van der Waals surface area contributed by atoms with E-state index in [1.54, 1.807) is 0 Å². The van der Waals surface area contributed by atoms with Crippen LogP contribution in [-0.4, -0.2) is 85.7 Å². The van der Waals surface area contributed by atoms with Gasteiger partial charge in [-0.3, -0.25) is 14.7 Å². The maximum Gasteiger partial charge on any atom is 0.225 e. The highest BCUT2D eigenvalue weighted by molar-refractivity contribution is 5.80. The highest BCUT2D eigenvalue weighted by Crippen LogP contribution is 2.26. The van der Waals surface area contributed by atoms with Crippen molar-refractivity contribution in [2.45, 2.75) is 59.3 Å². The van der Waals surface area contributed by atoms with Gasteiger partial charge in [0, 0.05) is 64.9 Å². The van der Waals surface area contributed by atoms with Crippen molar-refractivity contribution in [3.63, 3.8) is 0 Å². The Balaban J connectivity index is 1.70. The fourth-order valence-electron chi connectivity index (χ4n) is 4.65. The summed E-state index contributed by atoms with van der Waals surface area (Å²) in [6, 6.07) is 0. The summed E-state index contributed by atoms with van der Waals surface area (Å²) in [6.45, 7) is 13.8. The van der Waals surface area contributed by atoms with Crippen molar-refractivity contribution in [1.29, 1.82) is 0 Å². The molecule has 0 bridgehead atoms. The molecule has 0 aromatic rings. The number of aliphatic imine (C=N–C) groups is 1. The number of rotatable bonds is 11. The second-order valence-corrected chi connectivity index (χ2v) is 9.30. The van der Waals surface area contributed by atoms with Crippen LogP contribution in [0.3, 0.4) is 0 Å². The smallest absolute Gasteiger partial charge is 0.225 e. The Morgan fingerprint density at radius 2 is 1.83 bits per heavy atom. The Morgan fingerprint density at radius 1 is 1.13 bits per heavy atom. The van der Waals surface area contributed by atoms with Gasteiger partial charge in [0.15, 0.2) is 5.96 Å². The molecule has 0 spiro atoms. The fourth-order valence-corrected chi connectivity index (χ4v) is 4.65. The van der Waals surface area contributed by atoms with Crippen LogP contribution in [0.25, 0.3) is 0 Å². The number of carbonyl (C=O) groups is 1. The number of hydrogen-bond donors (Lipinski definition) is 3. The lowest BCUT2D eigenvalue weighted by Gasteiger charge is -2.36. The lowest BCUT2D eigenvalue weighted by molar-refractivity contribution is -0.137. The number of amides is 1. The molecule has 2 rings (SSSR count). The molecule has 1 saturated carbocycles. The van der Waals surface area contributed by atoms with Crippen molar-refractivity contribution >= 4 is 11.9 Å². The molecule has 7 heteroatoms. The number of guanidine groups is 1. The van der Waals surface area contributed by atoms with Crippen LogP contribution in [-0.2, 0) is 4.79 Å². The van der Waals surface area contributed by atoms with Gasteiger partial charge in [-0.2, -0.15) is 0 Å². The topological polar surface area (TPSA) is 80.2 Å². The highest BCUT2D eigenvalue weighted by atomic mass is 16.3. The van der Waals surface area contributed by atoms with Gasteiger partial charge in [-0.15, -0.1) is 0 Å². The molecule has 0 radical (unpaired) electrons. The van der Waals surface area contributed by atoms with Gasteiger partial charge < -0.3 is 20.6 Å². The maximum absolute atomic E-state index is 12.6. The third-order valence-corrected chi connectivity index (χ3v) is 6.30. The molecular weight excluding hydrogens is 378 g/mol. The Bertz CT molecular complexity index is 512. The minimum Gasteiger partial charge on any atom is -0.396 e. The fraction of sp³-hybridized carbons (Fsp3) is 0.913. The molecule has 1 saturated heterocycles. The van der Waals surface area contributed by atoms with E-state index in [2.05, 4.69) is 41.2 Å². The third kappa shape index (κ3) is 8.80. The van der Waals surface area contributed by atoms with Crippen LogP contribution in [0.15, 0.2) is 4.99 Å². The zero-order valence-electron chi connectivity index (χ0n) is 19.5. The number of piperazine rings is 1. The van der Waals surface area contributed by atoms with Crippen molar-refractivity contribution in [2.75, 3.05) is 59.0 Å². The molecular formula is C23H45N5O2. The van der Waals surface area contributed by atoms with Crippen LogP contribution in [0.5, 0.6) is 0 Å². The first-order valence-corrected chi connectivity index (χ1v) is 12.2. The van der Waals surface area contributed by atoms with Crippen molar-refractivity contribution in [3.05, 3.63) is 0 Å². The predicted octanol–water partition coefficient (Wildman–Crippen LogP) is 1.92. The number of nitrogens with one attached hydrogen (secondary N) is 2. The van der Waals surface area contributed by atoms with E-state index in [4.69, 9.17) is 4.99 Å². The van der Waals surface area contributed by atoms with Gasteiger partial charge in [0.2, 0.25) is 5.91 Å². The van der Waals surface area contributed by atoms with E-state index < -0.39 is 0 Å². The number of carbonyl (C=O) groups excluding carboxylic acids is 1. The Morgan fingerprint density at radius 3 is 2.43 bits per heavy atom. The van der Waals surface area contributed by atoms with Crippen molar-refractivity contribution in [3.8, 4) is 0 Å². The number of aliphatic hydroxyl groups is 1. The molecule has 3 N–H and O–H groups in total. The summed E-state index contributed by atoms with van der Waals surface area (Å²) in [4.78, 5) is 21.9. The molecule has 2 fully saturated rings. The molecule has 1 atom stereocenters. The van der Waals surface area contributed by atoms with Crippen LogP contribution in [0.2, 0.25) is 0 Å². The van der Waals surface area contributed by atoms with Gasteiger partial charge in [0.25, 0.3) is 0 Å². The summed E-state index contributed by atoms with van der Waals surface area (Å²) in [5.41, 5.74) is 0. The molecule has 0 aromatic carbocycles. The Labute approximate surface area is 183 Å². The normalized spacial score (nSPS) is 20.0. The van der Waals surface area contributed by atoms with E-state index in [0.717, 1.165) is 84.0 Å².